The molecule has 23 heavy (non-hydrogen) atoms. The monoisotopic (exact) mass is 320 g/mol. The molecule has 1 aromatic heterocycles. The first-order valence-electron chi connectivity index (χ1n) is 7.87. The second kappa shape index (κ2) is 7.39. The van der Waals surface area contributed by atoms with Crippen LogP contribution < -0.4 is 15.6 Å². The fourth-order valence-electron chi connectivity index (χ4n) is 2.58. The van der Waals surface area contributed by atoms with Crippen LogP contribution in [0.5, 0.6) is 0 Å². The highest BCUT2D eigenvalue weighted by Gasteiger charge is 2.14. The van der Waals surface area contributed by atoms with Gasteiger partial charge in [0, 0.05) is 11.7 Å². The van der Waals surface area contributed by atoms with Crippen molar-refractivity contribution in [3.8, 4) is 0 Å². The number of hydrogen-bond donors (Lipinski definition) is 0. The van der Waals surface area contributed by atoms with Crippen molar-refractivity contribution in [2.75, 3.05) is 4.90 Å². The van der Waals surface area contributed by atoms with Crippen molar-refractivity contribution in [1.82, 2.24) is 4.98 Å². The van der Waals surface area contributed by atoms with E-state index < -0.39 is 0 Å². The molecule has 0 aliphatic heterocycles. The molecule has 1 heterocycles. The highest BCUT2D eigenvalue weighted by Crippen LogP contribution is 2.25. The van der Waals surface area contributed by atoms with Gasteiger partial charge in [0.05, 0.1) is 5.44 Å². The Kier molecular flexibility index (Phi) is 5.05. The van der Waals surface area contributed by atoms with E-state index in [0.29, 0.717) is 14.6 Å². The summed E-state index contributed by atoms with van der Waals surface area (Å²) in [5.74, 6) is 1.01. The van der Waals surface area contributed by atoms with Gasteiger partial charge in [0.2, 0.25) is 0 Å². The molecule has 0 N–H and O–H groups in total. The molecule has 3 rings (SSSR count). The van der Waals surface area contributed by atoms with E-state index in [0.717, 1.165) is 11.3 Å². The first kappa shape index (κ1) is 15.7. The van der Waals surface area contributed by atoms with E-state index in [1.54, 1.807) is 0 Å². The number of pyridine rings is 1. The van der Waals surface area contributed by atoms with Crippen molar-refractivity contribution in [2.24, 2.45) is 0 Å². The Labute approximate surface area is 140 Å². The van der Waals surface area contributed by atoms with Crippen LogP contribution in [-0.2, 0) is 0 Å². The lowest BCUT2D eigenvalue weighted by molar-refractivity contribution is 0.779. The smallest absolute Gasteiger partial charge is 0.133 e. The second-order valence-corrected chi connectivity index (χ2v) is 7.01. The molecular weight excluding hydrogens is 299 g/mol. The van der Waals surface area contributed by atoms with Crippen molar-refractivity contribution in [3.05, 3.63) is 78.9 Å². The Hall–Kier alpha value is -2.18. The summed E-state index contributed by atoms with van der Waals surface area (Å²) in [6.07, 6.45) is 0. The lowest BCUT2D eigenvalue weighted by Gasteiger charge is -2.28. The fraction of sp³-hybridized carbons (Fsp3) is 0.150. The van der Waals surface area contributed by atoms with Gasteiger partial charge in [-0.1, -0.05) is 54.6 Å². The number of anilines is 2. The molecule has 0 spiro atoms. The topological polar surface area (TPSA) is 16.1 Å². The highest BCUT2D eigenvalue weighted by molar-refractivity contribution is 7.55. The van der Waals surface area contributed by atoms with Gasteiger partial charge in [0.1, 0.15) is 5.82 Å². The zero-order chi connectivity index (χ0) is 16.1. The molecule has 116 valence electrons. The number of aromatic nitrogens is 1. The molecule has 0 fully saturated rings. The van der Waals surface area contributed by atoms with E-state index in [1.165, 1.54) is 11.0 Å². The SMILES string of the molecule is CC(C)N(c1ccccc1)c1cccc(Pc2ccccc2)n1. The van der Waals surface area contributed by atoms with Crippen LogP contribution >= 0.6 is 8.58 Å². The Bertz CT molecular complexity index is 742. The number of rotatable bonds is 5. The maximum atomic E-state index is 4.90. The maximum Gasteiger partial charge on any atom is 0.133 e. The van der Waals surface area contributed by atoms with Crippen LogP contribution in [-0.4, -0.2) is 11.0 Å². The zero-order valence-corrected chi connectivity index (χ0v) is 14.5. The van der Waals surface area contributed by atoms with Crippen LogP contribution in [0.3, 0.4) is 0 Å². The molecule has 0 saturated heterocycles. The van der Waals surface area contributed by atoms with E-state index in [9.17, 15) is 0 Å². The van der Waals surface area contributed by atoms with E-state index in [1.807, 2.05) is 12.1 Å². The molecule has 0 aliphatic rings. The fourth-order valence-corrected chi connectivity index (χ4v) is 3.58. The highest BCUT2D eigenvalue weighted by atomic mass is 31.1. The van der Waals surface area contributed by atoms with Crippen LogP contribution in [0.15, 0.2) is 78.9 Å². The summed E-state index contributed by atoms with van der Waals surface area (Å²) in [4.78, 5) is 7.18. The minimum atomic E-state index is 0.347. The molecule has 1 unspecified atom stereocenters. The molecule has 2 aromatic carbocycles. The van der Waals surface area contributed by atoms with Gasteiger partial charge in [-0.15, -0.1) is 0 Å². The Morgan fingerprint density at radius 1 is 0.783 bits per heavy atom. The molecule has 3 heteroatoms. The summed E-state index contributed by atoms with van der Waals surface area (Å²) in [5, 5.41) is 1.31. The number of benzene rings is 2. The van der Waals surface area contributed by atoms with Crippen LogP contribution in [0.25, 0.3) is 0 Å². The second-order valence-electron chi connectivity index (χ2n) is 5.67. The maximum absolute atomic E-state index is 4.90. The lowest BCUT2D eigenvalue weighted by Crippen LogP contribution is -2.27. The molecule has 0 aliphatic carbocycles. The van der Waals surface area contributed by atoms with Crippen LogP contribution in [0, 0.1) is 0 Å². The van der Waals surface area contributed by atoms with Crippen molar-refractivity contribution < 1.29 is 0 Å². The number of para-hydroxylation sites is 1. The standard InChI is InChI=1S/C20H21N2P/c1-16(2)22(17-10-5-3-6-11-17)19-14-9-15-20(21-19)23-18-12-7-4-8-13-18/h3-16,23H,1-2H3. The molecule has 0 radical (unpaired) electrons. The van der Waals surface area contributed by atoms with Crippen molar-refractivity contribution in [1.29, 1.82) is 0 Å². The molecule has 2 nitrogen and oxygen atoms in total. The van der Waals surface area contributed by atoms with Crippen molar-refractivity contribution >= 4 is 30.8 Å². The third kappa shape index (κ3) is 3.97. The van der Waals surface area contributed by atoms with Gasteiger partial charge in [0.15, 0.2) is 0 Å². The summed E-state index contributed by atoms with van der Waals surface area (Å²) in [5.41, 5.74) is 2.30. The predicted molar refractivity (Wildman–Crippen MR) is 102 cm³/mol. The normalized spacial score (nSPS) is 11.3. The quantitative estimate of drug-likeness (QED) is 0.653. The predicted octanol–water partition coefficient (Wildman–Crippen LogP) is 4.26. The minimum absolute atomic E-state index is 0.347. The van der Waals surface area contributed by atoms with Crippen LogP contribution in [0.4, 0.5) is 11.5 Å². The van der Waals surface area contributed by atoms with Gasteiger partial charge < -0.3 is 4.90 Å². The third-order valence-corrected chi connectivity index (χ3v) is 4.73. The van der Waals surface area contributed by atoms with Gasteiger partial charge in [-0.3, -0.25) is 0 Å². The van der Waals surface area contributed by atoms with Crippen LogP contribution in [0.2, 0.25) is 0 Å². The summed E-state index contributed by atoms with van der Waals surface area (Å²) in [7, 11) is 0.579. The summed E-state index contributed by atoms with van der Waals surface area (Å²) < 4.78 is 0. The first-order valence-corrected chi connectivity index (χ1v) is 8.87. The molecule has 3 aromatic rings. The molecular formula is C20H21N2P. The lowest BCUT2D eigenvalue weighted by atomic mass is 10.2. The Morgan fingerprint density at radius 3 is 2.09 bits per heavy atom. The summed E-state index contributed by atoms with van der Waals surface area (Å²) in [6, 6.07) is 27.6. The Balaban J connectivity index is 1.91. The van der Waals surface area contributed by atoms with E-state index in [-0.39, 0.29) is 0 Å². The van der Waals surface area contributed by atoms with Gasteiger partial charge in [-0.2, -0.15) is 0 Å². The minimum Gasteiger partial charge on any atom is -0.324 e. The summed E-state index contributed by atoms with van der Waals surface area (Å²) in [6.45, 7) is 4.39. The summed E-state index contributed by atoms with van der Waals surface area (Å²) >= 11 is 0. The van der Waals surface area contributed by atoms with E-state index >= 15 is 0 Å². The average Bonchev–Trinajstić information content (AvgIpc) is 2.57. The third-order valence-electron chi connectivity index (χ3n) is 3.58. The largest absolute Gasteiger partial charge is 0.324 e. The first-order chi connectivity index (χ1) is 11.2. The van der Waals surface area contributed by atoms with Crippen molar-refractivity contribution in [2.45, 2.75) is 19.9 Å². The van der Waals surface area contributed by atoms with Crippen molar-refractivity contribution in [3.63, 3.8) is 0 Å². The van der Waals surface area contributed by atoms with Gasteiger partial charge in [-0.05, 0) is 52.0 Å². The average molecular weight is 320 g/mol. The zero-order valence-electron chi connectivity index (χ0n) is 13.5. The molecule has 0 saturated carbocycles. The van der Waals surface area contributed by atoms with E-state index in [2.05, 4.69) is 85.5 Å². The van der Waals surface area contributed by atoms with Gasteiger partial charge in [0.25, 0.3) is 0 Å². The van der Waals surface area contributed by atoms with E-state index in [4.69, 9.17) is 4.98 Å². The number of hydrogen-bond acceptors (Lipinski definition) is 2. The van der Waals surface area contributed by atoms with Crippen LogP contribution in [0.1, 0.15) is 13.8 Å². The Morgan fingerprint density at radius 2 is 1.43 bits per heavy atom. The number of nitrogens with zero attached hydrogens (tertiary/aromatic N) is 2. The molecule has 0 amide bonds. The van der Waals surface area contributed by atoms with Gasteiger partial charge >= 0.3 is 0 Å². The molecule has 0 bridgehead atoms. The molecule has 1 atom stereocenters. The van der Waals surface area contributed by atoms with Gasteiger partial charge in [-0.25, -0.2) is 4.98 Å².